The molecular formula is C51H98N4O7. The standard InChI is InChI=1S/C12H25NO.C12H16O.C9H15NO3.C7H13NO2.C5H12.C4H10.C2H7N/c1-5-6-7-11(12(14)13-4)9-8-10(2)3;1-2-3-7-12(10-13)11-8-5-4-6-9-11;1-3-4-5-8(12)9(13)10-6-7(2)11;1-3-4-7(10)8-5-6(2)9;1-4-5(2)3;1-4(2)3;1-3-2/h10-11H,5-9H2,1-4H3,(H,13,14);4-6,8-10,12H,2-3,7H2,1H3;3-6H2,1-2H3,(H,10,13);3-5H2,1-2H3,(H,8,10);5H,4H2,1-3H3;4H,1-3H3;3H,1-2H3. The SMILES string of the molecule is CC(C)C.CCC(C)C.CCCC(=O)NCC(C)=O.CCCCC(=O)C(=O)NCC(C)=O.CCCCC(C=O)c1ccccc1.CCCCC(CCC(C)C)C(=O)NC.CNC. The van der Waals surface area contributed by atoms with Crippen LogP contribution in [-0.4, -0.2) is 75.6 Å². The van der Waals surface area contributed by atoms with Crippen LogP contribution in [0.2, 0.25) is 0 Å². The lowest BCUT2D eigenvalue weighted by Crippen LogP contribution is -2.34. The zero-order valence-electron chi connectivity index (χ0n) is 43.0. The second-order valence-corrected chi connectivity index (χ2v) is 16.9. The van der Waals surface area contributed by atoms with Gasteiger partial charge < -0.3 is 26.1 Å². The molecule has 0 spiro atoms. The fourth-order valence-electron chi connectivity index (χ4n) is 4.33. The van der Waals surface area contributed by atoms with E-state index in [1.807, 2.05) is 58.3 Å². The molecule has 11 heteroatoms. The Bertz CT molecular complexity index is 1200. The highest BCUT2D eigenvalue weighted by Crippen LogP contribution is 2.19. The van der Waals surface area contributed by atoms with Crippen molar-refractivity contribution in [2.75, 3.05) is 34.2 Å². The molecule has 0 aliphatic rings. The number of amides is 3. The monoisotopic (exact) mass is 879 g/mol. The number of aldehydes is 1. The molecule has 11 nitrogen and oxygen atoms in total. The van der Waals surface area contributed by atoms with Gasteiger partial charge in [0.1, 0.15) is 17.9 Å². The minimum absolute atomic E-state index is 0.00977. The van der Waals surface area contributed by atoms with Gasteiger partial charge in [0.15, 0.2) is 0 Å². The van der Waals surface area contributed by atoms with Crippen LogP contribution < -0.4 is 21.3 Å². The first kappa shape index (κ1) is 70.0. The topological polar surface area (TPSA) is 168 Å². The molecule has 0 aliphatic carbocycles. The maximum absolute atomic E-state index is 11.5. The molecular weight excluding hydrogens is 781 g/mol. The van der Waals surface area contributed by atoms with Gasteiger partial charge in [-0.05, 0) is 83.4 Å². The molecule has 0 saturated carbocycles. The lowest BCUT2D eigenvalue weighted by Gasteiger charge is -2.15. The molecule has 1 rings (SSSR count). The van der Waals surface area contributed by atoms with Crippen molar-refractivity contribution in [1.82, 2.24) is 21.3 Å². The number of Topliss-reactive ketones (excluding diaryl/α,β-unsaturated/α-hetero) is 3. The Hall–Kier alpha value is -3.73. The Balaban J connectivity index is -0.000000155. The second-order valence-electron chi connectivity index (χ2n) is 16.9. The zero-order chi connectivity index (χ0) is 49.3. The lowest BCUT2D eigenvalue weighted by molar-refractivity contribution is -0.138. The van der Waals surface area contributed by atoms with Crippen LogP contribution in [0.4, 0.5) is 0 Å². The molecule has 0 aliphatic heterocycles. The summed E-state index contributed by atoms with van der Waals surface area (Å²) in [6, 6.07) is 9.99. The molecule has 0 radical (unpaired) electrons. The number of carbonyl (C=O) groups excluding carboxylic acids is 7. The predicted molar refractivity (Wildman–Crippen MR) is 263 cm³/mol. The van der Waals surface area contributed by atoms with Crippen molar-refractivity contribution in [2.45, 2.75) is 193 Å². The Morgan fingerprint density at radius 1 is 0.597 bits per heavy atom. The number of unbranched alkanes of at least 4 members (excludes halogenated alkanes) is 3. The number of hydrogen-bond acceptors (Lipinski definition) is 8. The summed E-state index contributed by atoms with van der Waals surface area (Å²) in [5.74, 6) is 1.67. The quantitative estimate of drug-likeness (QED) is 0.0622. The van der Waals surface area contributed by atoms with Gasteiger partial charge in [-0.1, -0.05) is 158 Å². The Kier molecular flexibility index (Phi) is 60.3. The highest BCUT2D eigenvalue weighted by atomic mass is 16.2. The fraction of sp³-hybridized carbons (Fsp3) is 0.745. The van der Waals surface area contributed by atoms with Gasteiger partial charge in [-0.15, -0.1) is 0 Å². The summed E-state index contributed by atoms with van der Waals surface area (Å²) in [7, 11) is 5.48. The van der Waals surface area contributed by atoms with Crippen LogP contribution in [0.25, 0.3) is 0 Å². The van der Waals surface area contributed by atoms with E-state index in [1.165, 1.54) is 26.7 Å². The first-order valence-corrected chi connectivity index (χ1v) is 23.5. The Morgan fingerprint density at radius 3 is 1.42 bits per heavy atom. The van der Waals surface area contributed by atoms with Crippen molar-refractivity contribution >= 4 is 41.4 Å². The molecule has 2 unspecified atom stereocenters. The molecule has 364 valence electrons. The van der Waals surface area contributed by atoms with E-state index in [2.05, 4.69) is 90.5 Å². The molecule has 0 fully saturated rings. The minimum atomic E-state index is -0.649. The maximum Gasteiger partial charge on any atom is 0.287 e. The molecule has 1 aromatic rings. The van der Waals surface area contributed by atoms with Crippen molar-refractivity contribution in [1.29, 1.82) is 0 Å². The average Bonchev–Trinajstić information content (AvgIpc) is 3.22. The third-order valence-electron chi connectivity index (χ3n) is 8.21. The normalized spacial score (nSPS) is 10.6. The van der Waals surface area contributed by atoms with Gasteiger partial charge in [-0.3, -0.25) is 28.8 Å². The van der Waals surface area contributed by atoms with Crippen LogP contribution >= 0.6 is 0 Å². The van der Waals surface area contributed by atoms with Crippen LogP contribution in [-0.2, 0) is 33.6 Å². The third-order valence-corrected chi connectivity index (χ3v) is 8.21. The molecule has 0 aromatic heterocycles. The number of carbonyl (C=O) groups is 7. The summed E-state index contributed by atoms with van der Waals surface area (Å²) in [5, 5.41) is 10.3. The van der Waals surface area contributed by atoms with Crippen molar-refractivity contribution < 1.29 is 33.6 Å². The number of hydrogen-bond donors (Lipinski definition) is 4. The van der Waals surface area contributed by atoms with Crippen LogP contribution in [0.3, 0.4) is 0 Å². The number of benzene rings is 1. The maximum atomic E-state index is 11.5. The van der Waals surface area contributed by atoms with E-state index in [4.69, 9.17) is 0 Å². The van der Waals surface area contributed by atoms with Gasteiger partial charge in [-0.2, -0.15) is 0 Å². The third kappa shape index (κ3) is 62.9. The average molecular weight is 879 g/mol. The van der Waals surface area contributed by atoms with Crippen molar-refractivity contribution in [3.63, 3.8) is 0 Å². The summed E-state index contributed by atoms with van der Waals surface area (Å²) >= 11 is 0. The van der Waals surface area contributed by atoms with Gasteiger partial charge in [0, 0.05) is 31.7 Å². The molecule has 0 bridgehead atoms. The summed E-state index contributed by atoms with van der Waals surface area (Å²) in [6.07, 6.45) is 14.4. The molecule has 4 N–H and O–H groups in total. The van der Waals surface area contributed by atoms with Crippen molar-refractivity contribution in [2.24, 2.45) is 23.7 Å². The summed E-state index contributed by atoms with van der Waals surface area (Å²) in [5.41, 5.74) is 1.14. The summed E-state index contributed by atoms with van der Waals surface area (Å²) in [4.78, 5) is 75.7. The Labute approximate surface area is 381 Å². The molecule has 1 aromatic carbocycles. The van der Waals surface area contributed by atoms with Gasteiger partial charge in [0.2, 0.25) is 17.6 Å². The van der Waals surface area contributed by atoms with Gasteiger partial charge >= 0.3 is 0 Å². The molecule has 2 atom stereocenters. The van der Waals surface area contributed by atoms with Crippen LogP contribution in [0, 0.1) is 23.7 Å². The summed E-state index contributed by atoms with van der Waals surface area (Å²) in [6.45, 7) is 28.7. The van der Waals surface area contributed by atoms with E-state index in [-0.39, 0.29) is 54.7 Å². The van der Waals surface area contributed by atoms with E-state index in [0.717, 1.165) is 81.5 Å². The second kappa shape index (κ2) is 53.4. The predicted octanol–water partition coefficient (Wildman–Crippen LogP) is 10.6. The molecule has 0 saturated heterocycles. The van der Waals surface area contributed by atoms with Crippen molar-refractivity contribution in [3.8, 4) is 0 Å². The van der Waals surface area contributed by atoms with E-state index in [0.29, 0.717) is 18.8 Å². The smallest absolute Gasteiger partial charge is 0.287 e. The van der Waals surface area contributed by atoms with E-state index in [9.17, 15) is 33.6 Å². The first-order valence-electron chi connectivity index (χ1n) is 23.5. The van der Waals surface area contributed by atoms with Crippen LogP contribution in [0.1, 0.15) is 198 Å². The number of nitrogens with one attached hydrogen (secondary N) is 4. The van der Waals surface area contributed by atoms with Crippen LogP contribution in [0.5, 0.6) is 0 Å². The van der Waals surface area contributed by atoms with Gasteiger partial charge in [-0.25, -0.2) is 0 Å². The number of ketones is 3. The van der Waals surface area contributed by atoms with Gasteiger partial charge in [0.05, 0.1) is 13.1 Å². The molecule has 0 heterocycles. The van der Waals surface area contributed by atoms with E-state index < -0.39 is 11.7 Å². The number of rotatable bonds is 23. The van der Waals surface area contributed by atoms with Gasteiger partial charge in [0.25, 0.3) is 5.91 Å². The van der Waals surface area contributed by atoms with Crippen LogP contribution in [0.15, 0.2) is 30.3 Å². The summed E-state index contributed by atoms with van der Waals surface area (Å²) < 4.78 is 0. The molecule has 3 amide bonds. The largest absolute Gasteiger partial charge is 0.359 e. The Morgan fingerprint density at radius 2 is 1.05 bits per heavy atom. The highest BCUT2D eigenvalue weighted by molar-refractivity contribution is 6.36. The fourth-order valence-corrected chi connectivity index (χ4v) is 4.33. The lowest BCUT2D eigenvalue weighted by atomic mass is 9.92. The zero-order valence-corrected chi connectivity index (χ0v) is 43.0. The first-order chi connectivity index (χ1) is 29.1. The van der Waals surface area contributed by atoms with Crippen molar-refractivity contribution in [3.05, 3.63) is 35.9 Å². The minimum Gasteiger partial charge on any atom is -0.359 e. The van der Waals surface area contributed by atoms with E-state index >= 15 is 0 Å². The highest BCUT2D eigenvalue weighted by Gasteiger charge is 2.16. The molecule has 62 heavy (non-hydrogen) atoms. The van der Waals surface area contributed by atoms with E-state index in [1.54, 1.807) is 7.05 Å².